The van der Waals surface area contributed by atoms with Crippen LogP contribution in [0.1, 0.15) is 38.3 Å². The van der Waals surface area contributed by atoms with Gasteiger partial charge in [0, 0.05) is 19.0 Å². The van der Waals surface area contributed by atoms with Crippen LogP contribution in [0.4, 0.5) is 11.5 Å². The van der Waals surface area contributed by atoms with Crippen molar-refractivity contribution < 1.29 is 4.79 Å². The first-order chi connectivity index (χ1) is 8.13. The molecule has 0 unspecified atom stereocenters. The molecule has 0 aromatic carbocycles. The van der Waals surface area contributed by atoms with Crippen LogP contribution in [0.5, 0.6) is 0 Å². The molecular formula is C12H18N4O. The molecule has 5 heteroatoms. The number of anilines is 2. The van der Waals surface area contributed by atoms with Crippen molar-refractivity contribution in [2.24, 2.45) is 7.05 Å². The molecule has 92 valence electrons. The molecule has 3 rings (SSSR count). The minimum absolute atomic E-state index is 0.0197. The number of nitrogens with one attached hydrogen (secondary N) is 2. The minimum atomic E-state index is -0.0197. The summed E-state index contributed by atoms with van der Waals surface area (Å²) >= 11 is 0. The number of fused-ring (bicyclic) bond motifs is 1. The molecule has 0 atom stereocenters. The maximum absolute atomic E-state index is 11.9. The third kappa shape index (κ3) is 1.52. The second-order valence-corrected chi connectivity index (χ2v) is 5.13. The standard InChI is InChI=1S/C12H18N4O/c1-3-8-10-11(16(2)15-8)14-12(5-4-6-12)7-9(17)13-10/h14H,3-7H2,1-2H3,(H,13,17). The van der Waals surface area contributed by atoms with Gasteiger partial charge in [0.15, 0.2) is 0 Å². The summed E-state index contributed by atoms with van der Waals surface area (Å²) in [6, 6.07) is 0. The highest BCUT2D eigenvalue weighted by Gasteiger charge is 2.42. The van der Waals surface area contributed by atoms with Crippen molar-refractivity contribution in [2.45, 2.75) is 44.6 Å². The number of rotatable bonds is 1. The number of hydrogen-bond acceptors (Lipinski definition) is 3. The second kappa shape index (κ2) is 3.48. The van der Waals surface area contributed by atoms with E-state index in [0.29, 0.717) is 6.42 Å². The summed E-state index contributed by atoms with van der Waals surface area (Å²) in [5, 5.41) is 11.0. The summed E-state index contributed by atoms with van der Waals surface area (Å²) in [5.74, 6) is 1.08. The van der Waals surface area contributed by atoms with Crippen molar-refractivity contribution in [1.82, 2.24) is 9.78 Å². The van der Waals surface area contributed by atoms with Gasteiger partial charge in [-0.3, -0.25) is 9.48 Å². The fourth-order valence-electron chi connectivity index (χ4n) is 2.79. The Morgan fingerprint density at radius 2 is 2.24 bits per heavy atom. The van der Waals surface area contributed by atoms with Gasteiger partial charge in [-0.15, -0.1) is 0 Å². The SMILES string of the molecule is CCc1nn(C)c2c1NC(=O)CC1(CCC1)N2. The topological polar surface area (TPSA) is 59.0 Å². The number of carbonyl (C=O) groups excluding carboxylic acids is 1. The van der Waals surface area contributed by atoms with Crippen molar-refractivity contribution in [3.8, 4) is 0 Å². The molecule has 0 saturated heterocycles. The zero-order chi connectivity index (χ0) is 12.0. The Labute approximate surface area is 101 Å². The van der Waals surface area contributed by atoms with Crippen LogP contribution in [0, 0.1) is 0 Å². The van der Waals surface area contributed by atoms with Gasteiger partial charge in [-0.05, 0) is 25.7 Å². The van der Waals surface area contributed by atoms with Gasteiger partial charge in [0.2, 0.25) is 5.91 Å². The number of carbonyl (C=O) groups is 1. The lowest BCUT2D eigenvalue weighted by Crippen LogP contribution is -2.46. The third-order valence-corrected chi connectivity index (χ3v) is 3.91. The van der Waals surface area contributed by atoms with E-state index < -0.39 is 0 Å². The molecule has 0 bridgehead atoms. The number of aryl methyl sites for hydroxylation is 2. The van der Waals surface area contributed by atoms with Crippen LogP contribution in [0.25, 0.3) is 0 Å². The quantitative estimate of drug-likeness (QED) is 0.777. The molecule has 1 fully saturated rings. The van der Waals surface area contributed by atoms with Crippen LogP contribution < -0.4 is 10.6 Å². The van der Waals surface area contributed by atoms with Gasteiger partial charge < -0.3 is 10.6 Å². The molecule has 2 heterocycles. The smallest absolute Gasteiger partial charge is 0.226 e. The Morgan fingerprint density at radius 1 is 1.47 bits per heavy atom. The summed E-state index contributed by atoms with van der Waals surface area (Å²) in [6.07, 6.45) is 4.76. The van der Waals surface area contributed by atoms with E-state index in [-0.39, 0.29) is 11.4 Å². The van der Waals surface area contributed by atoms with Crippen LogP contribution in [-0.4, -0.2) is 21.2 Å². The Kier molecular flexibility index (Phi) is 2.18. The van der Waals surface area contributed by atoms with E-state index in [1.54, 1.807) is 0 Å². The second-order valence-electron chi connectivity index (χ2n) is 5.13. The Hall–Kier alpha value is -1.52. The normalized spacial score (nSPS) is 21.2. The van der Waals surface area contributed by atoms with Crippen LogP contribution in [0.2, 0.25) is 0 Å². The van der Waals surface area contributed by atoms with Gasteiger partial charge in [0.1, 0.15) is 11.5 Å². The third-order valence-electron chi connectivity index (χ3n) is 3.91. The highest BCUT2D eigenvalue weighted by atomic mass is 16.1. The molecule has 1 aromatic rings. The highest BCUT2D eigenvalue weighted by Crippen LogP contribution is 2.42. The molecule has 1 aliphatic carbocycles. The van der Waals surface area contributed by atoms with Crippen molar-refractivity contribution >= 4 is 17.4 Å². The summed E-state index contributed by atoms with van der Waals surface area (Å²) in [6.45, 7) is 2.05. The lowest BCUT2D eigenvalue weighted by Gasteiger charge is -2.41. The van der Waals surface area contributed by atoms with E-state index in [1.807, 2.05) is 11.7 Å². The summed E-state index contributed by atoms with van der Waals surface area (Å²) in [7, 11) is 1.93. The molecule has 1 spiro atoms. The van der Waals surface area contributed by atoms with Crippen molar-refractivity contribution in [3.05, 3.63) is 5.69 Å². The van der Waals surface area contributed by atoms with E-state index in [9.17, 15) is 4.79 Å². The summed E-state index contributed by atoms with van der Waals surface area (Å²) < 4.78 is 1.85. The zero-order valence-corrected chi connectivity index (χ0v) is 10.3. The molecule has 5 nitrogen and oxygen atoms in total. The molecule has 1 amide bonds. The van der Waals surface area contributed by atoms with Crippen molar-refractivity contribution in [2.75, 3.05) is 10.6 Å². The van der Waals surface area contributed by atoms with E-state index in [2.05, 4.69) is 22.7 Å². The number of aromatic nitrogens is 2. The summed E-state index contributed by atoms with van der Waals surface area (Å²) in [5.41, 5.74) is 1.82. The Balaban J connectivity index is 2.05. The first-order valence-electron chi connectivity index (χ1n) is 6.27. The van der Waals surface area contributed by atoms with E-state index in [4.69, 9.17) is 0 Å². The van der Waals surface area contributed by atoms with Crippen LogP contribution in [0.15, 0.2) is 0 Å². The molecule has 1 saturated carbocycles. The molecule has 17 heavy (non-hydrogen) atoms. The van der Waals surface area contributed by atoms with Gasteiger partial charge in [-0.2, -0.15) is 5.10 Å². The first kappa shape index (κ1) is 10.6. The minimum Gasteiger partial charge on any atom is -0.363 e. The van der Waals surface area contributed by atoms with Gasteiger partial charge in [-0.1, -0.05) is 6.92 Å². The van der Waals surface area contributed by atoms with Gasteiger partial charge in [-0.25, -0.2) is 0 Å². The molecule has 1 aliphatic heterocycles. The summed E-state index contributed by atoms with van der Waals surface area (Å²) in [4.78, 5) is 11.9. The average molecular weight is 234 g/mol. The number of nitrogens with zero attached hydrogens (tertiary/aromatic N) is 2. The van der Waals surface area contributed by atoms with Crippen LogP contribution in [0.3, 0.4) is 0 Å². The monoisotopic (exact) mass is 234 g/mol. The van der Waals surface area contributed by atoms with Gasteiger partial charge >= 0.3 is 0 Å². The lowest BCUT2D eigenvalue weighted by atomic mass is 9.74. The predicted octanol–water partition coefficient (Wildman–Crippen LogP) is 1.66. The van der Waals surface area contributed by atoms with Crippen molar-refractivity contribution in [3.63, 3.8) is 0 Å². The fraction of sp³-hybridized carbons (Fsp3) is 0.667. The number of amides is 1. The lowest BCUT2D eigenvalue weighted by molar-refractivity contribution is -0.117. The predicted molar refractivity (Wildman–Crippen MR) is 66.0 cm³/mol. The largest absolute Gasteiger partial charge is 0.363 e. The van der Waals surface area contributed by atoms with Crippen molar-refractivity contribution in [1.29, 1.82) is 0 Å². The van der Waals surface area contributed by atoms with Gasteiger partial charge in [0.25, 0.3) is 0 Å². The molecule has 2 N–H and O–H groups in total. The van der Waals surface area contributed by atoms with E-state index in [0.717, 1.165) is 36.5 Å². The highest BCUT2D eigenvalue weighted by molar-refractivity contribution is 5.97. The van der Waals surface area contributed by atoms with E-state index >= 15 is 0 Å². The average Bonchev–Trinajstić information content (AvgIpc) is 2.45. The molecular weight excluding hydrogens is 216 g/mol. The number of hydrogen-bond donors (Lipinski definition) is 2. The van der Waals surface area contributed by atoms with Crippen LogP contribution in [-0.2, 0) is 18.3 Å². The first-order valence-corrected chi connectivity index (χ1v) is 6.27. The molecule has 1 aromatic heterocycles. The fourth-order valence-corrected chi connectivity index (χ4v) is 2.79. The maximum atomic E-state index is 11.9. The van der Waals surface area contributed by atoms with Crippen LogP contribution >= 0.6 is 0 Å². The molecule has 0 radical (unpaired) electrons. The van der Waals surface area contributed by atoms with Gasteiger partial charge in [0.05, 0.1) is 5.69 Å². The zero-order valence-electron chi connectivity index (χ0n) is 10.3. The molecule has 2 aliphatic rings. The maximum Gasteiger partial charge on any atom is 0.226 e. The Morgan fingerprint density at radius 3 is 2.82 bits per heavy atom. The van der Waals surface area contributed by atoms with E-state index in [1.165, 1.54) is 6.42 Å². The Bertz CT molecular complexity index is 473.